The molecular weight excluding hydrogens is 396 g/mol. The van der Waals surface area contributed by atoms with Gasteiger partial charge in [0.25, 0.3) is 0 Å². The summed E-state index contributed by atoms with van der Waals surface area (Å²) in [5.41, 5.74) is 4.11. The van der Waals surface area contributed by atoms with Crippen LogP contribution in [-0.2, 0) is 5.41 Å². The quantitative estimate of drug-likeness (QED) is 0.472. The molecule has 0 nitrogen and oxygen atoms in total. The first-order valence-electron chi connectivity index (χ1n) is 8.34. The topological polar surface area (TPSA) is 0 Å². The monoisotopic (exact) mass is 418 g/mol. The molecule has 0 aliphatic carbocycles. The first-order valence-corrected chi connectivity index (χ1v) is 11.2. The van der Waals surface area contributed by atoms with Gasteiger partial charge in [-0.05, 0) is 53.2 Å². The third-order valence-electron chi connectivity index (χ3n) is 4.64. The van der Waals surface area contributed by atoms with Gasteiger partial charge in [-0.2, -0.15) is 0 Å². The summed E-state index contributed by atoms with van der Waals surface area (Å²) < 4.78 is 1.73. The van der Waals surface area contributed by atoms with E-state index in [9.17, 15) is 0 Å². The van der Waals surface area contributed by atoms with Gasteiger partial charge in [-0.3, -0.25) is 0 Å². The zero-order chi connectivity index (χ0) is 17.0. The van der Waals surface area contributed by atoms with E-state index >= 15 is 0 Å². The van der Waals surface area contributed by atoms with Gasteiger partial charge in [0, 0.05) is 9.89 Å². The molecule has 0 spiro atoms. The van der Waals surface area contributed by atoms with Crippen molar-refractivity contribution in [3.63, 3.8) is 0 Å². The Labute approximate surface area is 162 Å². The Morgan fingerprint density at radius 3 is 2.12 bits per heavy atom. The molecule has 0 amide bonds. The summed E-state index contributed by atoms with van der Waals surface area (Å²) in [6, 6.07) is 17.7. The van der Waals surface area contributed by atoms with Crippen LogP contribution in [0, 0.1) is 0 Å². The van der Waals surface area contributed by atoms with Crippen molar-refractivity contribution in [2.45, 2.75) is 29.8 Å². The van der Waals surface area contributed by atoms with Crippen molar-refractivity contribution in [2.24, 2.45) is 0 Å². The maximum Gasteiger partial charge on any atom is 0.0599 e. The molecule has 3 heteroatoms. The van der Waals surface area contributed by atoms with Gasteiger partial charge in [0.1, 0.15) is 0 Å². The normalized spacial score (nSPS) is 18.1. The van der Waals surface area contributed by atoms with E-state index in [1.807, 2.05) is 0 Å². The van der Waals surface area contributed by atoms with E-state index in [-0.39, 0.29) is 5.41 Å². The molecule has 2 aromatic carbocycles. The van der Waals surface area contributed by atoms with E-state index in [0.29, 0.717) is 4.58 Å². The first-order chi connectivity index (χ1) is 11.6. The van der Waals surface area contributed by atoms with E-state index in [1.54, 1.807) is 0 Å². The van der Waals surface area contributed by atoms with Gasteiger partial charge in [-0.15, -0.1) is 30.1 Å². The average molecular weight is 419 g/mol. The second-order valence-corrected chi connectivity index (χ2v) is 10.1. The Kier molecular flexibility index (Phi) is 6.17. The Balaban J connectivity index is 1.88. The van der Waals surface area contributed by atoms with Gasteiger partial charge in [0.05, 0.1) is 4.58 Å². The number of rotatable bonds is 5. The molecule has 1 aliphatic rings. The van der Waals surface area contributed by atoms with Gasteiger partial charge < -0.3 is 0 Å². The maximum absolute atomic E-state index is 4.02. The molecule has 1 aliphatic heterocycles. The van der Waals surface area contributed by atoms with E-state index in [1.165, 1.54) is 34.6 Å². The minimum atomic E-state index is 0.149. The fourth-order valence-electron chi connectivity index (χ4n) is 3.19. The fourth-order valence-corrected chi connectivity index (χ4v) is 6.85. The lowest BCUT2D eigenvalue weighted by atomic mass is 9.80. The maximum atomic E-state index is 4.02. The molecule has 1 atom stereocenters. The van der Waals surface area contributed by atoms with E-state index in [0.717, 1.165) is 10.9 Å². The van der Waals surface area contributed by atoms with Crippen LogP contribution in [0.4, 0.5) is 0 Å². The molecule has 2 aromatic rings. The molecular formula is C21H23BrS2. The summed E-state index contributed by atoms with van der Waals surface area (Å²) >= 11 is 7.74. The molecule has 3 rings (SSSR count). The highest BCUT2D eigenvalue weighted by Gasteiger charge is 2.36. The summed E-state index contributed by atoms with van der Waals surface area (Å²) in [4.78, 5) is 0. The van der Waals surface area contributed by atoms with E-state index in [2.05, 4.69) is 108 Å². The lowest BCUT2D eigenvalue weighted by Crippen LogP contribution is -2.34. The summed E-state index contributed by atoms with van der Waals surface area (Å²) in [6.07, 6.45) is 4.44. The molecule has 0 radical (unpaired) electrons. The van der Waals surface area contributed by atoms with Crippen LogP contribution in [0.25, 0.3) is 11.1 Å². The third-order valence-corrected chi connectivity index (χ3v) is 8.68. The zero-order valence-corrected chi connectivity index (χ0v) is 17.2. The molecule has 0 saturated carbocycles. The average Bonchev–Trinajstić information content (AvgIpc) is 2.63. The highest BCUT2D eigenvalue weighted by atomic mass is 79.9. The van der Waals surface area contributed by atoms with Crippen LogP contribution in [0.2, 0.25) is 0 Å². The predicted octanol–water partition coefficient (Wildman–Crippen LogP) is 7.15. The molecule has 0 N–H and O–H groups in total. The van der Waals surface area contributed by atoms with Crippen LogP contribution in [0.1, 0.15) is 25.3 Å². The van der Waals surface area contributed by atoms with Gasteiger partial charge in [0.15, 0.2) is 0 Å². The Morgan fingerprint density at radius 2 is 1.58 bits per heavy atom. The van der Waals surface area contributed by atoms with Crippen molar-refractivity contribution in [2.75, 3.05) is 11.5 Å². The largest absolute Gasteiger partial charge is 0.147 e. The summed E-state index contributed by atoms with van der Waals surface area (Å²) in [5, 5.41) is 0. The number of allylic oxidation sites excluding steroid dienone is 1. The minimum absolute atomic E-state index is 0.149. The highest BCUT2D eigenvalue weighted by molar-refractivity contribution is 9.10. The van der Waals surface area contributed by atoms with Crippen molar-refractivity contribution in [3.8, 4) is 11.1 Å². The minimum Gasteiger partial charge on any atom is -0.147 e. The lowest BCUT2D eigenvalue weighted by Gasteiger charge is -2.39. The van der Waals surface area contributed by atoms with Gasteiger partial charge in [0.2, 0.25) is 0 Å². The van der Waals surface area contributed by atoms with Crippen LogP contribution >= 0.6 is 39.5 Å². The molecule has 24 heavy (non-hydrogen) atoms. The summed E-state index contributed by atoms with van der Waals surface area (Å²) in [7, 11) is 0. The van der Waals surface area contributed by atoms with Gasteiger partial charge >= 0.3 is 0 Å². The van der Waals surface area contributed by atoms with Crippen molar-refractivity contribution in [1.82, 2.24) is 0 Å². The number of benzene rings is 2. The first kappa shape index (κ1) is 18.2. The molecule has 126 valence electrons. The third kappa shape index (κ3) is 3.95. The highest BCUT2D eigenvalue weighted by Crippen LogP contribution is 2.47. The fraction of sp³-hybridized carbons (Fsp3) is 0.333. The molecule has 1 saturated heterocycles. The Morgan fingerprint density at radius 1 is 1.04 bits per heavy atom. The van der Waals surface area contributed by atoms with Crippen molar-refractivity contribution < 1.29 is 0 Å². The predicted molar refractivity (Wildman–Crippen MR) is 115 cm³/mol. The molecule has 1 unspecified atom stereocenters. The summed E-state index contributed by atoms with van der Waals surface area (Å²) in [6.45, 7) is 6.42. The van der Waals surface area contributed by atoms with Gasteiger partial charge in [-0.25, -0.2) is 0 Å². The SMILES string of the molecule is C=CCC(C)(c1ccc(-c2ccc(Br)cc2)cc1)C1SCCCS1. The smallest absolute Gasteiger partial charge is 0.0599 e. The van der Waals surface area contributed by atoms with Crippen molar-refractivity contribution >= 4 is 39.5 Å². The van der Waals surface area contributed by atoms with Crippen molar-refractivity contribution in [3.05, 3.63) is 71.2 Å². The number of thioether (sulfide) groups is 2. The standard InChI is InChI=1S/C21H23BrS2/c1-3-13-21(2,20-23-14-4-15-24-20)18-9-5-16(6-10-18)17-7-11-19(22)12-8-17/h3,5-12,20H,1,4,13-15H2,2H3. The molecule has 1 fully saturated rings. The lowest BCUT2D eigenvalue weighted by molar-refractivity contribution is 0.523. The molecule has 0 aromatic heterocycles. The summed E-state index contributed by atoms with van der Waals surface area (Å²) in [5.74, 6) is 2.56. The van der Waals surface area contributed by atoms with E-state index in [4.69, 9.17) is 0 Å². The zero-order valence-electron chi connectivity index (χ0n) is 14.0. The van der Waals surface area contributed by atoms with Crippen LogP contribution in [0.15, 0.2) is 65.7 Å². The Hall–Kier alpha value is -0.640. The van der Waals surface area contributed by atoms with Crippen molar-refractivity contribution in [1.29, 1.82) is 0 Å². The van der Waals surface area contributed by atoms with Crippen LogP contribution < -0.4 is 0 Å². The van der Waals surface area contributed by atoms with Gasteiger partial charge in [-0.1, -0.05) is 65.3 Å². The molecule has 1 heterocycles. The second-order valence-electron chi connectivity index (χ2n) is 6.42. The second kappa shape index (κ2) is 8.16. The van der Waals surface area contributed by atoms with Crippen LogP contribution in [0.3, 0.4) is 0 Å². The van der Waals surface area contributed by atoms with Crippen LogP contribution in [0.5, 0.6) is 0 Å². The van der Waals surface area contributed by atoms with E-state index < -0.39 is 0 Å². The number of hydrogen-bond acceptors (Lipinski definition) is 2. The number of hydrogen-bond donors (Lipinski definition) is 0. The Bertz CT molecular complexity index is 672. The van der Waals surface area contributed by atoms with Crippen LogP contribution in [-0.4, -0.2) is 16.1 Å². The number of halogens is 1. The molecule has 0 bridgehead atoms.